The Hall–Kier alpha value is -1.94. The number of carbonyl (C=O) groups excluding carboxylic acids is 4. The Morgan fingerprint density at radius 3 is 0.752 bits per heavy atom. The number of hydrogen-bond acceptors (Lipinski definition) is 15. The summed E-state index contributed by atoms with van der Waals surface area (Å²) in [5, 5.41) is 10.7. The highest BCUT2D eigenvalue weighted by Gasteiger charge is 2.30. The van der Waals surface area contributed by atoms with Crippen LogP contribution in [0.1, 0.15) is 433 Å². The van der Waals surface area contributed by atoms with Gasteiger partial charge in [0, 0.05) is 25.7 Å². The number of hydrogen-bond donors (Lipinski definition) is 3. The van der Waals surface area contributed by atoms with Crippen LogP contribution in [0.3, 0.4) is 0 Å². The van der Waals surface area contributed by atoms with E-state index >= 15 is 0 Å². The Kier molecular flexibility index (Phi) is 72.2. The Bertz CT molecular complexity index is 1940. The molecule has 0 radical (unpaired) electrons. The van der Waals surface area contributed by atoms with E-state index in [0.29, 0.717) is 25.7 Å². The van der Waals surface area contributed by atoms with E-state index in [-0.39, 0.29) is 25.7 Å². The average molecular weight is 1480 g/mol. The van der Waals surface area contributed by atoms with Gasteiger partial charge in [-0.05, 0) is 37.5 Å². The van der Waals surface area contributed by atoms with E-state index in [1.807, 2.05) is 0 Å². The van der Waals surface area contributed by atoms with Crippen LogP contribution >= 0.6 is 15.6 Å². The maximum Gasteiger partial charge on any atom is 0.472 e. The average Bonchev–Trinajstić information content (AvgIpc) is 0.985. The van der Waals surface area contributed by atoms with Gasteiger partial charge < -0.3 is 33.8 Å². The summed E-state index contributed by atoms with van der Waals surface area (Å²) in [6.07, 6.45) is 63.7. The smallest absolute Gasteiger partial charge is 0.462 e. The van der Waals surface area contributed by atoms with E-state index < -0.39 is 97.5 Å². The predicted molar refractivity (Wildman–Crippen MR) is 414 cm³/mol. The number of phosphoric acid groups is 2. The quantitative estimate of drug-likeness (QED) is 0.0222. The third-order valence-corrected chi connectivity index (χ3v) is 21.5. The Morgan fingerprint density at radius 1 is 0.287 bits per heavy atom. The lowest BCUT2D eigenvalue weighted by atomic mass is 9.99. The summed E-state index contributed by atoms with van der Waals surface area (Å²) in [5.74, 6) is -0.495. The number of phosphoric ester groups is 2. The third-order valence-electron chi connectivity index (χ3n) is 19.6. The maximum atomic E-state index is 13.1. The van der Waals surface area contributed by atoms with Crippen LogP contribution in [0.4, 0.5) is 0 Å². The molecule has 0 saturated heterocycles. The standard InChI is InChI=1S/C82H160O17P2/c1-7-10-12-14-16-18-20-21-22-23-24-25-29-35-41-47-53-59-65-80(85)93-71-78(98-81(86)66-60-54-48-42-36-30-27-26-28-34-39-45-51-57-63-75(6)9-3)73-97-101(90,91)95-69-76(83)68-94-100(88,89)96-72-77(70-92-79(84)64-58-52-46-40-32-19-17-15-13-11-8-2)99-82(87)67-61-55-49-43-37-31-33-38-44-50-56-62-74(4)5/h74-78,83H,7-73H2,1-6H3,(H,88,89)(H,90,91)/t75?,76-,77+,78+/m0/s1. The van der Waals surface area contributed by atoms with Crippen LogP contribution in [-0.4, -0.2) is 96.7 Å². The van der Waals surface area contributed by atoms with Crippen molar-refractivity contribution in [2.75, 3.05) is 39.6 Å². The third kappa shape index (κ3) is 74.7. The minimum atomic E-state index is -4.96. The number of aliphatic hydroxyl groups excluding tert-OH is 1. The fourth-order valence-electron chi connectivity index (χ4n) is 12.7. The van der Waals surface area contributed by atoms with Crippen molar-refractivity contribution in [1.29, 1.82) is 0 Å². The largest absolute Gasteiger partial charge is 0.472 e. The second kappa shape index (κ2) is 73.6. The van der Waals surface area contributed by atoms with Crippen LogP contribution in [-0.2, 0) is 65.4 Å². The molecule has 600 valence electrons. The molecule has 0 amide bonds. The number of rotatable bonds is 81. The van der Waals surface area contributed by atoms with Gasteiger partial charge in [-0.15, -0.1) is 0 Å². The lowest BCUT2D eigenvalue weighted by molar-refractivity contribution is -0.161. The van der Waals surface area contributed by atoms with Gasteiger partial charge in [-0.1, -0.05) is 382 Å². The minimum Gasteiger partial charge on any atom is -0.462 e. The topological polar surface area (TPSA) is 237 Å². The Labute approximate surface area is 619 Å². The fraction of sp³-hybridized carbons (Fsp3) is 0.951. The second-order valence-corrected chi connectivity index (χ2v) is 33.1. The van der Waals surface area contributed by atoms with Crippen molar-refractivity contribution < 1.29 is 80.2 Å². The summed E-state index contributed by atoms with van der Waals surface area (Å²) < 4.78 is 68.8. The normalized spacial score (nSPS) is 14.2. The molecule has 101 heavy (non-hydrogen) atoms. The van der Waals surface area contributed by atoms with Gasteiger partial charge in [0.05, 0.1) is 26.4 Å². The molecule has 3 N–H and O–H groups in total. The first-order valence-electron chi connectivity index (χ1n) is 42.5. The molecule has 0 bridgehead atoms. The zero-order valence-electron chi connectivity index (χ0n) is 66.2. The van der Waals surface area contributed by atoms with Gasteiger partial charge in [-0.2, -0.15) is 0 Å². The summed E-state index contributed by atoms with van der Waals surface area (Å²) in [4.78, 5) is 73.1. The van der Waals surface area contributed by atoms with Gasteiger partial charge in [0.25, 0.3) is 0 Å². The first kappa shape index (κ1) is 99.1. The first-order chi connectivity index (χ1) is 48.9. The molecule has 0 aromatic heterocycles. The molecule has 0 aliphatic rings. The van der Waals surface area contributed by atoms with Crippen molar-refractivity contribution in [3.8, 4) is 0 Å². The summed E-state index contributed by atoms with van der Waals surface area (Å²) in [7, 11) is -9.92. The second-order valence-electron chi connectivity index (χ2n) is 30.2. The Balaban J connectivity index is 5.25. The molecule has 0 saturated carbocycles. The zero-order chi connectivity index (χ0) is 74.2. The summed E-state index contributed by atoms with van der Waals surface area (Å²) in [5.41, 5.74) is 0. The van der Waals surface area contributed by atoms with Gasteiger partial charge in [-0.3, -0.25) is 37.3 Å². The predicted octanol–water partition coefficient (Wildman–Crippen LogP) is 24.7. The van der Waals surface area contributed by atoms with Gasteiger partial charge in [0.15, 0.2) is 12.2 Å². The molecule has 0 aromatic carbocycles. The molecule has 3 unspecified atom stereocenters. The van der Waals surface area contributed by atoms with E-state index in [1.54, 1.807) is 0 Å². The summed E-state index contributed by atoms with van der Waals surface area (Å²) in [6, 6.07) is 0. The van der Waals surface area contributed by atoms with Gasteiger partial charge in [0.1, 0.15) is 19.3 Å². The zero-order valence-corrected chi connectivity index (χ0v) is 68.0. The van der Waals surface area contributed by atoms with E-state index in [9.17, 15) is 43.2 Å². The SMILES string of the molecule is CCCCCCCCCCCCCCCCCCCCC(=O)OC[C@H](COP(=O)(O)OC[C@@H](O)COP(=O)(O)OC[C@@H](COC(=O)CCCCCCCCCCCCC)OC(=O)CCCCCCCCCCCCCC(C)C)OC(=O)CCCCCCCCCCCCCCCCC(C)CC. The van der Waals surface area contributed by atoms with Crippen molar-refractivity contribution in [3.05, 3.63) is 0 Å². The molecule has 6 atom stereocenters. The van der Waals surface area contributed by atoms with Crippen LogP contribution in [0.2, 0.25) is 0 Å². The fourth-order valence-corrected chi connectivity index (χ4v) is 14.3. The molecule has 0 aromatic rings. The van der Waals surface area contributed by atoms with E-state index in [1.165, 1.54) is 250 Å². The van der Waals surface area contributed by atoms with Crippen LogP contribution < -0.4 is 0 Å². The maximum absolute atomic E-state index is 13.1. The van der Waals surface area contributed by atoms with Crippen molar-refractivity contribution >= 4 is 39.5 Å². The molecular formula is C82H160O17P2. The number of unbranched alkanes of at least 4 members (excludes halogenated alkanes) is 50. The van der Waals surface area contributed by atoms with Crippen LogP contribution in [0.25, 0.3) is 0 Å². The molecule has 19 heteroatoms. The van der Waals surface area contributed by atoms with Crippen LogP contribution in [0, 0.1) is 11.8 Å². The van der Waals surface area contributed by atoms with E-state index in [4.69, 9.17) is 37.0 Å². The lowest BCUT2D eigenvalue weighted by Crippen LogP contribution is -2.30. The Morgan fingerprint density at radius 2 is 0.505 bits per heavy atom. The van der Waals surface area contributed by atoms with Crippen LogP contribution in [0.5, 0.6) is 0 Å². The summed E-state index contributed by atoms with van der Waals surface area (Å²) in [6.45, 7) is 9.70. The highest BCUT2D eigenvalue weighted by molar-refractivity contribution is 7.47. The number of carbonyl (C=O) groups is 4. The molecule has 0 rings (SSSR count). The van der Waals surface area contributed by atoms with Crippen molar-refractivity contribution in [2.24, 2.45) is 11.8 Å². The van der Waals surface area contributed by atoms with Crippen molar-refractivity contribution in [2.45, 2.75) is 452 Å². The molecule has 17 nitrogen and oxygen atoms in total. The molecule has 0 aliphatic carbocycles. The molecule has 0 heterocycles. The molecule has 0 fully saturated rings. The van der Waals surface area contributed by atoms with E-state index in [2.05, 4.69) is 41.5 Å². The van der Waals surface area contributed by atoms with Gasteiger partial charge in [-0.25, -0.2) is 9.13 Å². The van der Waals surface area contributed by atoms with Gasteiger partial charge in [0.2, 0.25) is 0 Å². The van der Waals surface area contributed by atoms with Crippen molar-refractivity contribution in [3.63, 3.8) is 0 Å². The van der Waals surface area contributed by atoms with Crippen molar-refractivity contribution in [1.82, 2.24) is 0 Å². The molecular weight excluding hydrogens is 1320 g/mol. The minimum absolute atomic E-state index is 0.107. The van der Waals surface area contributed by atoms with Crippen LogP contribution in [0.15, 0.2) is 0 Å². The molecule has 0 aliphatic heterocycles. The highest BCUT2D eigenvalue weighted by atomic mass is 31.2. The highest BCUT2D eigenvalue weighted by Crippen LogP contribution is 2.45. The molecule has 0 spiro atoms. The number of aliphatic hydroxyl groups is 1. The monoisotopic (exact) mass is 1480 g/mol. The van der Waals surface area contributed by atoms with Gasteiger partial charge >= 0.3 is 39.5 Å². The van der Waals surface area contributed by atoms with E-state index in [0.717, 1.165) is 102 Å². The number of ether oxygens (including phenoxy) is 4. The lowest BCUT2D eigenvalue weighted by Gasteiger charge is -2.21. The summed E-state index contributed by atoms with van der Waals surface area (Å²) >= 11 is 0. The first-order valence-corrected chi connectivity index (χ1v) is 45.5. The number of esters is 4.